The van der Waals surface area contributed by atoms with Crippen molar-refractivity contribution in [2.24, 2.45) is 0 Å². The third-order valence-electron chi connectivity index (χ3n) is 5.66. The van der Waals surface area contributed by atoms with Crippen molar-refractivity contribution < 1.29 is 19.2 Å². The summed E-state index contributed by atoms with van der Waals surface area (Å²) in [5.41, 5.74) is 0.762. The first-order chi connectivity index (χ1) is 15.5. The van der Waals surface area contributed by atoms with Crippen LogP contribution in [0, 0.1) is 0 Å². The van der Waals surface area contributed by atoms with Gasteiger partial charge in [-0.2, -0.15) is 0 Å². The fourth-order valence-electron chi connectivity index (χ4n) is 3.95. The summed E-state index contributed by atoms with van der Waals surface area (Å²) in [4.78, 5) is 62.1. The second-order valence-corrected chi connectivity index (χ2v) is 7.75. The second kappa shape index (κ2) is 9.54. The van der Waals surface area contributed by atoms with Crippen molar-refractivity contribution in [2.75, 3.05) is 26.2 Å². The van der Waals surface area contributed by atoms with Crippen LogP contribution in [-0.4, -0.2) is 81.7 Å². The fourth-order valence-corrected chi connectivity index (χ4v) is 3.95. The standard InChI is InChI=1S/C22H24N6O4/c29-19-17(7-4-8-25-19)26-20(30)18-13-27(21(31)15-5-2-1-3-6-15)9-10-28(18)22(32)16-11-23-14-24-12-16/h1-3,5-6,11-12,14,17-18H,4,7-10,13H2,(H,25,29)(H,26,30). The molecule has 1 aromatic heterocycles. The predicted octanol–water partition coefficient (Wildman–Crippen LogP) is -0.162. The van der Waals surface area contributed by atoms with Crippen molar-refractivity contribution in [3.05, 3.63) is 60.2 Å². The number of carbonyl (C=O) groups excluding carboxylic acids is 4. The highest BCUT2D eigenvalue weighted by Gasteiger charge is 2.39. The molecule has 3 heterocycles. The molecule has 10 heteroatoms. The van der Waals surface area contributed by atoms with E-state index in [2.05, 4.69) is 20.6 Å². The summed E-state index contributed by atoms with van der Waals surface area (Å²) < 4.78 is 0. The topological polar surface area (TPSA) is 125 Å². The molecule has 2 aliphatic heterocycles. The molecule has 2 unspecified atom stereocenters. The van der Waals surface area contributed by atoms with E-state index < -0.39 is 23.9 Å². The van der Waals surface area contributed by atoms with E-state index in [0.29, 0.717) is 18.5 Å². The van der Waals surface area contributed by atoms with Gasteiger partial charge in [-0.25, -0.2) is 9.97 Å². The van der Waals surface area contributed by atoms with E-state index >= 15 is 0 Å². The number of amides is 4. The summed E-state index contributed by atoms with van der Waals surface area (Å²) in [6.07, 6.45) is 5.38. The van der Waals surface area contributed by atoms with Crippen LogP contribution in [0.3, 0.4) is 0 Å². The number of nitrogens with one attached hydrogen (secondary N) is 2. The molecule has 10 nitrogen and oxygen atoms in total. The Morgan fingerprint density at radius 3 is 2.47 bits per heavy atom. The average molecular weight is 436 g/mol. The quantitative estimate of drug-likeness (QED) is 0.686. The van der Waals surface area contributed by atoms with Crippen molar-refractivity contribution in [1.82, 2.24) is 30.4 Å². The molecular formula is C22H24N6O4. The third-order valence-corrected chi connectivity index (χ3v) is 5.66. The van der Waals surface area contributed by atoms with Gasteiger partial charge in [-0.05, 0) is 25.0 Å². The first-order valence-electron chi connectivity index (χ1n) is 10.5. The molecule has 2 atom stereocenters. The second-order valence-electron chi connectivity index (χ2n) is 7.75. The molecule has 2 N–H and O–H groups in total. The Morgan fingerprint density at radius 1 is 1.00 bits per heavy atom. The Kier molecular flexibility index (Phi) is 6.39. The van der Waals surface area contributed by atoms with Crippen molar-refractivity contribution in [1.29, 1.82) is 0 Å². The van der Waals surface area contributed by atoms with Gasteiger partial charge in [0.05, 0.1) is 12.1 Å². The largest absolute Gasteiger partial charge is 0.354 e. The first kappa shape index (κ1) is 21.4. The highest BCUT2D eigenvalue weighted by atomic mass is 16.2. The van der Waals surface area contributed by atoms with Gasteiger partial charge in [0.2, 0.25) is 11.8 Å². The normalized spacial score (nSPS) is 20.9. The van der Waals surface area contributed by atoms with Crippen molar-refractivity contribution in [3.63, 3.8) is 0 Å². The number of aromatic nitrogens is 2. The van der Waals surface area contributed by atoms with Crippen LogP contribution in [-0.2, 0) is 9.59 Å². The molecule has 2 saturated heterocycles. The fraction of sp³-hybridized carbons (Fsp3) is 0.364. The minimum absolute atomic E-state index is 0.0212. The number of benzene rings is 1. The molecule has 0 radical (unpaired) electrons. The maximum Gasteiger partial charge on any atom is 0.257 e. The number of piperidine rings is 1. The van der Waals surface area contributed by atoms with Gasteiger partial charge < -0.3 is 20.4 Å². The van der Waals surface area contributed by atoms with Gasteiger partial charge in [-0.1, -0.05) is 18.2 Å². The van der Waals surface area contributed by atoms with Crippen molar-refractivity contribution in [3.8, 4) is 0 Å². The molecule has 2 aromatic rings. The van der Waals surface area contributed by atoms with Gasteiger partial charge in [0.25, 0.3) is 11.8 Å². The van der Waals surface area contributed by atoms with E-state index in [-0.39, 0.29) is 37.0 Å². The van der Waals surface area contributed by atoms with Crippen molar-refractivity contribution in [2.45, 2.75) is 24.9 Å². The zero-order valence-corrected chi connectivity index (χ0v) is 17.4. The maximum atomic E-state index is 13.2. The highest BCUT2D eigenvalue weighted by molar-refractivity contribution is 5.99. The van der Waals surface area contributed by atoms with Gasteiger partial charge in [-0.15, -0.1) is 0 Å². The van der Waals surface area contributed by atoms with Gasteiger partial charge in [0, 0.05) is 37.6 Å². The minimum atomic E-state index is -0.946. The molecule has 2 fully saturated rings. The molecule has 0 spiro atoms. The van der Waals surface area contributed by atoms with Gasteiger partial charge >= 0.3 is 0 Å². The molecule has 4 rings (SSSR count). The zero-order chi connectivity index (χ0) is 22.5. The van der Waals surface area contributed by atoms with E-state index in [0.717, 1.165) is 6.42 Å². The van der Waals surface area contributed by atoms with E-state index in [9.17, 15) is 19.2 Å². The summed E-state index contributed by atoms with van der Waals surface area (Å²) in [7, 11) is 0. The Bertz CT molecular complexity index is 1000. The van der Waals surface area contributed by atoms with Gasteiger partial charge in [0.15, 0.2) is 0 Å². The highest BCUT2D eigenvalue weighted by Crippen LogP contribution is 2.17. The zero-order valence-electron chi connectivity index (χ0n) is 17.4. The Morgan fingerprint density at radius 2 is 1.75 bits per heavy atom. The molecule has 0 saturated carbocycles. The summed E-state index contributed by atoms with van der Waals surface area (Å²) >= 11 is 0. The Labute approximate surface area is 185 Å². The smallest absolute Gasteiger partial charge is 0.257 e. The average Bonchev–Trinajstić information content (AvgIpc) is 2.85. The van der Waals surface area contributed by atoms with Crippen LogP contribution in [0.5, 0.6) is 0 Å². The van der Waals surface area contributed by atoms with E-state index in [1.807, 2.05) is 6.07 Å². The van der Waals surface area contributed by atoms with Crippen LogP contribution in [0.1, 0.15) is 33.6 Å². The van der Waals surface area contributed by atoms with Crippen LogP contribution in [0.25, 0.3) is 0 Å². The van der Waals surface area contributed by atoms with Crippen LogP contribution < -0.4 is 10.6 Å². The number of rotatable bonds is 4. The molecule has 32 heavy (non-hydrogen) atoms. The molecule has 0 bridgehead atoms. The first-order valence-corrected chi connectivity index (χ1v) is 10.5. The van der Waals surface area contributed by atoms with E-state index in [1.165, 1.54) is 23.6 Å². The van der Waals surface area contributed by atoms with E-state index in [4.69, 9.17) is 0 Å². The Hall–Kier alpha value is -3.82. The van der Waals surface area contributed by atoms with Gasteiger partial charge in [0.1, 0.15) is 18.4 Å². The number of carbonyl (C=O) groups is 4. The summed E-state index contributed by atoms with van der Waals surface area (Å²) in [6.45, 7) is 1.04. The van der Waals surface area contributed by atoms with E-state index in [1.54, 1.807) is 29.2 Å². The lowest BCUT2D eigenvalue weighted by molar-refractivity contribution is -0.133. The Balaban J connectivity index is 1.56. The predicted molar refractivity (Wildman–Crippen MR) is 113 cm³/mol. The molecule has 1 aromatic carbocycles. The lowest BCUT2D eigenvalue weighted by atomic mass is 10.0. The number of hydrogen-bond donors (Lipinski definition) is 2. The summed E-state index contributed by atoms with van der Waals surface area (Å²) in [5, 5.41) is 5.49. The lowest BCUT2D eigenvalue weighted by Gasteiger charge is -2.41. The van der Waals surface area contributed by atoms with Crippen LogP contribution >= 0.6 is 0 Å². The van der Waals surface area contributed by atoms with Crippen LogP contribution in [0.4, 0.5) is 0 Å². The molecule has 166 valence electrons. The minimum Gasteiger partial charge on any atom is -0.354 e. The molecule has 2 aliphatic rings. The molecule has 4 amide bonds. The van der Waals surface area contributed by atoms with Crippen LogP contribution in [0.15, 0.2) is 49.1 Å². The maximum absolute atomic E-state index is 13.2. The number of hydrogen-bond acceptors (Lipinski definition) is 6. The number of piperazine rings is 1. The van der Waals surface area contributed by atoms with Crippen LogP contribution in [0.2, 0.25) is 0 Å². The lowest BCUT2D eigenvalue weighted by Crippen LogP contribution is -2.63. The summed E-state index contributed by atoms with van der Waals surface area (Å²) in [5.74, 6) is -1.32. The van der Waals surface area contributed by atoms with Gasteiger partial charge in [-0.3, -0.25) is 19.2 Å². The summed E-state index contributed by atoms with van der Waals surface area (Å²) in [6, 6.07) is 7.18. The SMILES string of the molecule is O=C1NCCCC1NC(=O)C1CN(C(=O)c2ccccc2)CCN1C(=O)c1cncnc1. The number of nitrogens with zero attached hydrogens (tertiary/aromatic N) is 4. The monoisotopic (exact) mass is 436 g/mol. The molecular weight excluding hydrogens is 412 g/mol. The molecule has 0 aliphatic carbocycles. The van der Waals surface area contributed by atoms with Crippen molar-refractivity contribution >= 4 is 23.6 Å². The third kappa shape index (κ3) is 4.58.